The monoisotopic (exact) mass is 410 g/mol. The zero-order chi connectivity index (χ0) is 21.9. The molecule has 3 rings (SSSR count). The maximum atomic E-state index is 13.3. The summed E-state index contributed by atoms with van der Waals surface area (Å²) in [5.74, 6) is -1.63. The van der Waals surface area contributed by atoms with Gasteiger partial charge in [0.2, 0.25) is 0 Å². The standard InChI is InChI=1S/C24H30N2O4/c1-4-20-17(3)14-19(21(27)25-24(23(29)30)12-6-5-7-13-24)22(28)26(20)15-18-10-8-16(2)9-11-18/h8-11,14H,4-7,12-13,15H2,1-3H3,(H,25,27)(H,29,30). The fraction of sp³-hybridized carbons (Fsp3) is 0.458. The van der Waals surface area contributed by atoms with Crippen LogP contribution >= 0.6 is 0 Å². The maximum Gasteiger partial charge on any atom is 0.329 e. The van der Waals surface area contributed by atoms with E-state index < -0.39 is 17.4 Å². The number of benzene rings is 1. The Labute approximate surface area is 176 Å². The summed E-state index contributed by atoms with van der Waals surface area (Å²) in [6.45, 7) is 6.24. The van der Waals surface area contributed by atoms with Crippen molar-refractivity contribution in [1.29, 1.82) is 0 Å². The minimum Gasteiger partial charge on any atom is -0.480 e. The van der Waals surface area contributed by atoms with Gasteiger partial charge in [0.1, 0.15) is 11.1 Å². The van der Waals surface area contributed by atoms with E-state index >= 15 is 0 Å². The van der Waals surface area contributed by atoms with Crippen LogP contribution in [0.1, 0.15) is 71.8 Å². The molecule has 2 aromatic rings. The third-order valence-corrected chi connectivity index (χ3v) is 6.13. The molecule has 1 aromatic carbocycles. The van der Waals surface area contributed by atoms with Crippen molar-refractivity contribution in [3.63, 3.8) is 0 Å². The summed E-state index contributed by atoms with van der Waals surface area (Å²) in [4.78, 5) is 38.3. The second-order valence-corrected chi connectivity index (χ2v) is 8.32. The lowest BCUT2D eigenvalue weighted by atomic mass is 9.81. The maximum absolute atomic E-state index is 13.3. The third kappa shape index (κ3) is 4.32. The molecule has 1 fully saturated rings. The first kappa shape index (κ1) is 21.8. The average molecular weight is 411 g/mol. The van der Waals surface area contributed by atoms with Crippen molar-refractivity contribution in [2.45, 2.75) is 71.4 Å². The first-order valence-electron chi connectivity index (χ1n) is 10.6. The molecule has 6 heteroatoms. The van der Waals surface area contributed by atoms with Gasteiger partial charge in [-0.15, -0.1) is 0 Å². The van der Waals surface area contributed by atoms with E-state index in [0.29, 0.717) is 25.8 Å². The molecule has 0 bridgehead atoms. The van der Waals surface area contributed by atoms with Gasteiger partial charge >= 0.3 is 5.97 Å². The molecule has 1 aliphatic carbocycles. The van der Waals surface area contributed by atoms with Gasteiger partial charge in [-0.2, -0.15) is 0 Å². The van der Waals surface area contributed by atoms with Crippen LogP contribution in [0.3, 0.4) is 0 Å². The Morgan fingerprint density at radius 2 is 1.73 bits per heavy atom. The van der Waals surface area contributed by atoms with Gasteiger partial charge in [0.25, 0.3) is 11.5 Å². The molecule has 0 atom stereocenters. The van der Waals surface area contributed by atoms with Crippen LogP contribution in [-0.2, 0) is 17.8 Å². The molecule has 30 heavy (non-hydrogen) atoms. The normalized spacial score (nSPS) is 15.6. The SMILES string of the molecule is CCc1c(C)cc(C(=O)NC2(C(=O)O)CCCCC2)c(=O)n1Cc1ccc(C)cc1. The van der Waals surface area contributed by atoms with Crippen molar-refractivity contribution in [3.05, 3.63) is 68.6 Å². The van der Waals surface area contributed by atoms with Gasteiger partial charge in [-0.05, 0) is 50.3 Å². The summed E-state index contributed by atoms with van der Waals surface area (Å²) < 4.78 is 1.64. The first-order chi connectivity index (χ1) is 14.3. The summed E-state index contributed by atoms with van der Waals surface area (Å²) in [6.07, 6.45) is 3.89. The third-order valence-electron chi connectivity index (χ3n) is 6.13. The van der Waals surface area contributed by atoms with E-state index in [4.69, 9.17) is 0 Å². The van der Waals surface area contributed by atoms with Gasteiger partial charge in [0.05, 0.1) is 6.54 Å². The molecule has 1 saturated carbocycles. The number of hydrogen-bond donors (Lipinski definition) is 2. The number of carboxylic acid groups (broad SMARTS) is 1. The van der Waals surface area contributed by atoms with E-state index in [9.17, 15) is 19.5 Å². The van der Waals surface area contributed by atoms with Gasteiger partial charge in [0, 0.05) is 5.69 Å². The lowest BCUT2D eigenvalue weighted by Crippen LogP contribution is -2.56. The van der Waals surface area contributed by atoms with Crippen LogP contribution in [0.4, 0.5) is 0 Å². The minimum atomic E-state index is -1.29. The van der Waals surface area contributed by atoms with Crippen LogP contribution in [-0.4, -0.2) is 27.1 Å². The number of rotatable bonds is 6. The second-order valence-electron chi connectivity index (χ2n) is 8.32. The Morgan fingerprint density at radius 1 is 1.10 bits per heavy atom. The van der Waals surface area contributed by atoms with Crippen LogP contribution in [0.25, 0.3) is 0 Å². The van der Waals surface area contributed by atoms with Crippen molar-refractivity contribution < 1.29 is 14.7 Å². The van der Waals surface area contributed by atoms with E-state index in [0.717, 1.165) is 41.6 Å². The highest BCUT2D eigenvalue weighted by Gasteiger charge is 2.41. The molecular weight excluding hydrogens is 380 g/mol. The molecule has 1 heterocycles. The average Bonchev–Trinajstić information content (AvgIpc) is 2.72. The molecule has 160 valence electrons. The summed E-state index contributed by atoms with van der Waals surface area (Å²) in [6, 6.07) is 9.54. The number of aromatic nitrogens is 1. The fourth-order valence-corrected chi connectivity index (χ4v) is 4.35. The zero-order valence-corrected chi connectivity index (χ0v) is 18.0. The smallest absolute Gasteiger partial charge is 0.329 e. The molecule has 2 N–H and O–H groups in total. The Balaban J connectivity index is 1.99. The summed E-state index contributed by atoms with van der Waals surface area (Å²) in [7, 11) is 0. The van der Waals surface area contributed by atoms with Crippen LogP contribution in [0, 0.1) is 13.8 Å². The van der Waals surface area contributed by atoms with Gasteiger partial charge in [-0.25, -0.2) is 4.79 Å². The molecule has 0 aliphatic heterocycles. The molecule has 0 saturated heterocycles. The quantitative estimate of drug-likeness (QED) is 0.762. The number of carboxylic acids is 1. The highest BCUT2D eigenvalue weighted by atomic mass is 16.4. The molecule has 0 radical (unpaired) electrons. The van der Waals surface area contributed by atoms with Crippen molar-refractivity contribution >= 4 is 11.9 Å². The van der Waals surface area contributed by atoms with Crippen molar-refractivity contribution in [1.82, 2.24) is 9.88 Å². The highest BCUT2D eigenvalue weighted by molar-refractivity contribution is 5.97. The molecule has 1 aromatic heterocycles. The summed E-state index contributed by atoms with van der Waals surface area (Å²) in [5.41, 5.74) is 2.17. The van der Waals surface area contributed by atoms with Crippen LogP contribution < -0.4 is 10.9 Å². The number of amides is 1. The number of aliphatic carboxylic acids is 1. The Morgan fingerprint density at radius 3 is 2.30 bits per heavy atom. The predicted molar refractivity (Wildman–Crippen MR) is 116 cm³/mol. The Kier molecular flexibility index (Phi) is 6.44. The van der Waals surface area contributed by atoms with Gasteiger partial charge in [-0.1, -0.05) is 56.0 Å². The van der Waals surface area contributed by atoms with E-state index in [1.54, 1.807) is 10.6 Å². The minimum absolute atomic E-state index is 0.00279. The topological polar surface area (TPSA) is 88.4 Å². The molecule has 0 unspecified atom stereocenters. The van der Waals surface area contributed by atoms with E-state index in [1.807, 2.05) is 45.0 Å². The second kappa shape index (κ2) is 8.86. The van der Waals surface area contributed by atoms with Crippen molar-refractivity contribution in [3.8, 4) is 0 Å². The fourth-order valence-electron chi connectivity index (χ4n) is 4.35. The summed E-state index contributed by atoms with van der Waals surface area (Å²) >= 11 is 0. The van der Waals surface area contributed by atoms with Crippen molar-refractivity contribution in [2.75, 3.05) is 0 Å². The molecular formula is C24H30N2O4. The number of pyridine rings is 1. The zero-order valence-electron chi connectivity index (χ0n) is 18.0. The van der Waals surface area contributed by atoms with E-state index in [1.165, 1.54) is 0 Å². The first-order valence-corrected chi connectivity index (χ1v) is 10.6. The number of aryl methyl sites for hydroxylation is 2. The van der Waals surface area contributed by atoms with Crippen LogP contribution in [0.2, 0.25) is 0 Å². The van der Waals surface area contributed by atoms with Gasteiger partial charge in [0.15, 0.2) is 0 Å². The number of hydrogen-bond acceptors (Lipinski definition) is 3. The highest BCUT2D eigenvalue weighted by Crippen LogP contribution is 2.29. The number of carbonyl (C=O) groups excluding carboxylic acids is 1. The lowest BCUT2D eigenvalue weighted by molar-refractivity contribution is -0.145. The Hall–Kier alpha value is -2.89. The Bertz CT molecular complexity index is 999. The van der Waals surface area contributed by atoms with E-state index in [2.05, 4.69) is 5.32 Å². The molecule has 0 spiro atoms. The van der Waals surface area contributed by atoms with Crippen LogP contribution in [0.15, 0.2) is 35.1 Å². The number of nitrogens with zero attached hydrogens (tertiary/aromatic N) is 1. The number of carbonyl (C=O) groups is 2. The van der Waals surface area contributed by atoms with E-state index in [-0.39, 0.29) is 11.1 Å². The van der Waals surface area contributed by atoms with Crippen molar-refractivity contribution in [2.24, 2.45) is 0 Å². The largest absolute Gasteiger partial charge is 0.480 e. The van der Waals surface area contributed by atoms with Gasteiger partial charge in [-0.3, -0.25) is 9.59 Å². The van der Waals surface area contributed by atoms with Crippen LogP contribution in [0.5, 0.6) is 0 Å². The number of nitrogens with one attached hydrogen (secondary N) is 1. The molecule has 6 nitrogen and oxygen atoms in total. The van der Waals surface area contributed by atoms with Gasteiger partial charge < -0.3 is 15.0 Å². The lowest BCUT2D eigenvalue weighted by Gasteiger charge is -2.34. The molecule has 1 aliphatic rings. The molecule has 1 amide bonds. The summed E-state index contributed by atoms with van der Waals surface area (Å²) in [5, 5.41) is 12.5. The predicted octanol–water partition coefficient (Wildman–Crippen LogP) is 3.59.